The number of carbonyl (C=O) groups excluding carboxylic acids is 1. The molecule has 0 spiro atoms. The van der Waals surface area contributed by atoms with E-state index in [0.29, 0.717) is 27.9 Å². The molecule has 0 heterocycles. The van der Waals surface area contributed by atoms with Crippen LogP contribution in [-0.4, -0.2) is 12.0 Å². The Morgan fingerprint density at radius 2 is 1.73 bits per heavy atom. The molecular formula is C17H17Cl2NO2. The zero-order chi connectivity index (χ0) is 16.1. The summed E-state index contributed by atoms with van der Waals surface area (Å²) in [5, 5.41) is 3.52. The van der Waals surface area contributed by atoms with Crippen molar-refractivity contribution >= 4 is 34.8 Å². The van der Waals surface area contributed by atoms with Crippen molar-refractivity contribution in [1.82, 2.24) is 0 Å². The van der Waals surface area contributed by atoms with Crippen LogP contribution in [0.15, 0.2) is 42.5 Å². The van der Waals surface area contributed by atoms with E-state index in [1.165, 1.54) is 0 Å². The number of hydrogen-bond donors (Lipinski definition) is 1. The lowest BCUT2D eigenvalue weighted by Gasteiger charge is -2.18. The Labute approximate surface area is 140 Å². The number of anilines is 1. The Morgan fingerprint density at radius 1 is 1.14 bits per heavy atom. The Balaban J connectivity index is 2.10. The Hall–Kier alpha value is -1.71. The van der Waals surface area contributed by atoms with Crippen molar-refractivity contribution in [3.63, 3.8) is 0 Å². The minimum Gasteiger partial charge on any atom is -0.481 e. The maximum atomic E-state index is 12.4. The number of hydrogen-bond acceptors (Lipinski definition) is 2. The van der Waals surface area contributed by atoms with Crippen molar-refractivity contribution in [2.45, 2.75) is 26.4 Å². The van der Waals surface area contributed by atoms with E-state index in [1.54, 1.807) is 18.2 Å². The van der Waals surface area contributed by atoms with Crippen molar-refractivity contribution in [2.24, 2.45) is 0 Å². The van der Waals surface area contributed by atoms with Crippen LogP contribution in [0.5, 0.6) is 5.75 Å². The van der Waals surface area contributed by atoms with Gasteiger partial charge in [-0.05, 0) is 37.6 Å². The fourth-order valence-corrected chi connectivity index (χ4v) is 2.42. The lowest BCUT2D eigenvalue weighted by atomic mass is 10.2. The summed E-state index contributed by atoms with van der Waals surface area (Å²) < 4.78 is 5.73. The van der Waals surface area contributed by atoms with Crippen LogP contribution in [0.3, 0.4) is 0 Å². The molecular weight excluding hydrogens is 321 g/mol. The molecule has 0 saturated heterocycles. The van der Waals surface area contributed by atoms with Gasteiger partial charge in [-0.3, -0.25) is 4.79 Å². The van der Waals surface area contributed by atoms with Gasteiger partial charge >= 0.3 is 0 Å². The maximum Gasteiger partial charge on any atom is 0.265 e. The summed E-state index contributed by atoms with van der Waals surface area (Å²) in [5.41, 5.74) is 1.54. The van der Waals surface area contributed by atoms with Gasteiger partial charge < -0.3 is 10.1 Å². The summed E-state index contributed by atoms with van der Waals surface area (Å²) in [5.74, 6) is 0.371. The second kappa shape index (κ2) is 7.52. The number of carbonyl (C=O) groups is 1. The predicted octanol–water partition coefficient (Wildman–Crippen LogP) is 5.10. The Morgan fingerprint density at radius 3 is 2.27 bits per heavy atom. The minimum absolute atomic E-state index is 0.280. The molecule has 5 heteroatoms. The molecule has 0 aliphatic rings. The van der Waals surface area contributed by atoms with Crippen LogP contribution in [0.1, 0.15) is 18.9 Å². The number of rotatable bonds is 5. The Kier molecular flexibility index (Phi) is 5.69. The number of nitrogens with one attached hydrogen (secondary N) is 1. The zero-order valence-corrected chi connectivity index (χ0v) is 13.9. The third-order valence-electron chi connectivity index (χ3n) is 3.17. The molecule has 2 aromatic carbocycles. The summed E-state index contributed by atoms with van der Waals surface area (Å²) >= 11 is 12.1. The molecule has 0 aromatic heterocycles. The molecule has 1 amide bonds. The highest BCUT2D eigenvalue weighted by atomic mass is 35.5. The molecule has 0 saturated carbocycles. The summed E-state index contributed by atoms with van der Waals surface area (Å²) in [6.07, 6.45) is -0.0862. The van der Waals surface area contributed by atoms with Crippen LogP contribution >= 0.6 is 23.2 Å². The molecule has 116 valence electrons. The topological polar surface area (TPSA) is 38.3 Å². The van der Waals surface area contributed by atoms with Gasteiger partial charge in [0, 0.05) is 0 Å². The van der Waals surface area contributed by atoms with Crippen LogP contribution < -0.4 is 10.1 Å². The van der Waals surface area contributed by atoms with Crippen LogP contribution in [0.4, 0.5) is 5.69 Å². The lowest BCUT2D eigenvalue weighted by Crippen LogP contribution is -2.32. The van der Waals surface area contributed by atoms with E-state index in [1.807, 2.05) is 38.1 Å². The van der Waals surface area contributed by atoms with Gasteiger partial charge in [0.15, 0.2) is 6.10 Å². The number of amides is 1. The van der Waals surface area contributed by atoms with Crippen LogP contribution in [0, 0.1) is 6.92 Å². The largest absolute Gasteiger partial charge is 0.481 e. The van der Waals surface area contributed by atoms with Crippen molar-refractivity contribution in [2.75, 3.05) is 5.32 Å². The highest BCUT2D eigenvalue weighted by Gasteiger charge is 2.20. The molecule has 0 radical (unpaired) electrons. The molecule has 3 nitrogen and oxygen atoms in total. The van der Waals surface area contributed by atoms with E-state index in [0.717, 1.165) is 5.56 Å². The quantitative estimate of drug-likeness (QED) is 0.824. The average molecular weight is 338 g/mol. The minimum atomic E-state index is -0.616. The molecule has 2 aromatic rings. The monoisotopic (exact) mass is 337 g/mol. The first-order valence-corrected chi connectivity index (χ1v) is 7.75. The molecule has 1 unspecified atom stereocenters. The van der Waals surface area contributed by atoms with E-state index in [9.17, 15) is 4.79 Å². The summed E-state index contributed by atoms with van der Waals surface area (Å²) in [4.78, 5) is 12.4. The van der Waals surface area contributed by atoms with Gasteiger partial charge in [-0.2, -0.15) is 0 Å². The summed E-state index contributed by atoms with van der Waals surface area (Å²) in [6.45, 7) is 3.87. The number of benzene rings is 2. The second-order valence-corrected chi connectivity index (χ2v) is 5.73. The first-order valence-electron chi connectivity index (χ1n) is 6.99. The van der Waals surface area contributed by atoms with Crippen molar-refractivity contribution in [3.8, 4) is 5.75 Å². The van der Waals surface area contributed by atoms with Gasteiger partial charge in [-0.25, -0.2) is 0 Å². The Bertz CT molecular complexity index is 636. The fourth-order valence-electron chi connectivity index (χ4n) is 1.92. The van der Waals surface area contributed by atoms with Crippen LogP contribution in [0.25, 0.3) is 0 Å². The number of para-hydroxylation sites is 1. The van der Waals surface area contributed by atoms with Crippen molar-refractivity contribution in [3.05, 3.63) is 58.1 Å². The van der Waals surface area contributed by atoms with E-state index >= 15 is 0 Å². The van der Waals surface area contributed by atoms with Crippen molar-refractivity contribution in [1.29, 1.82) is 0 Å². The fraction of sp³-hybridized carbons (Fsp3) is 0.235. The number of ether oxygens (including phenoxy) is 1. The number of aryl methyl sites for hydroxylation is 1. The van der Waals surface area contributed by atoms with Crippen LogP contribution in [-0.2, 0) is 4.79 Å². The third kappa shape index (κ3) is 4.15. The molecule has 22 heavy (non-hydrogen) atoms. The zero-order valence-electron chi connectivity index (χ0n) is 12.4. The smallest absolute Gasteiger partial charge is 0.265 e. The second-order valence-electron chi connectivity index (χ2n) is 4.91. The predicted molar refractivity (Wildman–Crippen MR) is 91.0 cm³/mol. The molecule has 0 aliphatic heterocycles. The standard InChI is InChI=1S/C17H17Cl2NO2/c1-3-15(22-12-9-7-11(2)8-10-12)17(21)20-16-13(18)5-4-6-14(16)19/h4-10,15H,3H2,1-2H3,(H,20,21). The van der Waals surface area contributed by atoms with Gasteiger partial charge in [-0.1, -0.05) is 53.9 Å². The summed E-state index contributed by atoms with van der Waals surface area (Å²) in [7, 11) is 0. The first-order chi connectivity index (χ1) is 10.5. The van der Waals surface area contributed by atoms with Gasteiger partial charge in [-0.15, -0.1) is 0 Å². The highest BCUT2D eigenvalue weighted by molar-refractivity contribution is 6.39. The van der Waals surface area contributed by atoms with Gasteiger partial charge in [0.1, 0.15) is 5.75 Å². The van der Waals surface area contributed by atoms with E-state index < -0.39 is 6.10 Å². The van der Waals surface area contributed by atoms with Crippen LogP contribution in [0.2, 0.25) is 10.0 Å². The first kappa shape index (κ1) is 16.7. The van der Waals surface area contributed by atoms with E-state index in [4.69, 9.17) is 27.9 Å². The molecule has 2 rings (SSSR count). The van der Waals surface area contributed by atoms with E-state index in [2.05, 4.69) is 5.32 Å². The SMILES string of the molecule is CCC(Oc1ccc(C)cc1)C(=O)Nc1c(Cl)cccc1Cl. The van der Waals surface area contributed by atoms with Gasteiger partial charge in [0.2, 0.25) is 0 Å². The average Bonchev–Trinajstić information content (AvgIpc) is 2.50. The number of halogens is 2. The van der Waals surface area contributed by atoms with Crippen molar-refractivity contribution < 1.29 is 9.53 Å². The lowest BCUT2D eigenvalue weighted by molar-refractivity contribution is -0.122. The molecule has 1 atom stereocenters. The summed E-state index contributed by atoms with van der Waals surface area (Å²) in [6, 6.07) is 12.6. The van der Waals surface area contributed by atoms with E-state index in [-0.39, 0.29) is 5.91 Å². The molecule has 0 bridgehead atoms. The third-order valence-corrected chi connectivity index (χ3v) is 3.80. The molecule has 1 N–H and O–H groups in total. The molecule has 0 aliphatic carbocycles. The van der Waals surface area contributed by atoms with Gasteiger partial charge in [0.25, 0.3) is 5.91 Å². The highest BCUT2D eigenvalue weighted by Crippen LogP contribution is 2.30. The maximum absolute atomic E-state index is 12.4. The van der Waals surface area contributed by atoms with Gasteiger partial charge in [0.05, 0.1) is 15.7 Å². The normalized spacial score (nSPS) is 11.8. The molecule has 0 fully saturated rings.